The van der Waals surface area contributed by atoms with Gasteiger partial charge in [0.2, 0.25) is 0 Å². The van der Waals surface area contributed by atoms with Crippen molar-refractivity contribution in [2.45, 2.75) is 40.0 Å². The molecule has 1 amide bonds. The number of nitrogens with zero attached hydrogens (tertiary/aromatic N) is 1. The Labute approximate surface area is 119 Å². The summed E-state index contributed by atoms with van der Waals surface area (Å²) in [6.45, 7) is 5.97. The van der Waals surface area contributed by atoms with Crippen LogP contribution in [0.25, 0.3) is 0 Å². The van der Waals surface area contributed by atoms with Crippen LogP contribution in [0.1, 0.15) is 49.0 Å². The Kier molecular flexibility index (Phi) is 4.02. The van der Waals surface area contributed by atoms with E-state index in [1.165, 1.54) is 0 Å². The maximum atomic E-state index is 12.0. The Balaban J connectivity index is 2.08. The van der Waals surface area contributed by atoms with E-state index in [0.29, 0.717) is 18.4 Å². The minimum atomic E-state index is -0.230. The van der Waals surface area contributed by atoms with Crippen LogP contribution in [0.4, 0.5) is 0 Å². The summed E-state index contributed by atoms with van der Waals surface area (Å²) in [5.41, 5.74) is 4.77. The predicted octanol–water partition coefficient (Wildman–Crippen LogP) is 2.86. The number of hydrogen-bond donors (Lipinski definition) is 1. The Morgan fingerprint density at radius 2 is 1.95 bits per heavy atom. The quantitative estimate of drug-likeness (QED) is 0.842. The van der Waals surface area contributed by atoms with E-state index < -0.39 is 0 Å². The van der Waals surface area contributed by atoms with Crippen molar-refractivity contribution in [3.63, 3.8) is 0 Å². The van der Waals surface area contributed by atoms with Crippen molar-refractivity contribution in [1.29, 1.82) is 0 Å². The SMILES string of the molecule is Cc1ccccc1C(=O)NN=C1CC(=O)CC(C)(C)C1. The molecule has 0 bridgehead atoms. The van der Waals surface area contributed by atoms with Gasteiger partial charge in [0, 0.05) is 24.1 Å². The smallest absolute Gasteiger partial charge is 0.271 e. The van der Waals surface area contributed by atoms with Crippen LogP contribution in [-0.4, -0.2) is 17.4 Å². The molecular weight excluding hydrogens is 252 g/mol. The highest BCUT2D eigenvalue weighted by molar-refractivity contribution is 6.05. The van der Waals surface area contributed by atoms with E-state index in [0.717, 1.165) is 17.7 Å². The molecule has 2 rings (SSSR count). The predicted molar refractivity (Wildman–Crippen MR) is 78.7 cm³/mol. The number of benzene rings is 1. The third-order valence-corrected chi connectivity index (χ3v) is 3.46. The molecular formula is C16H20N2O2. The first-order chi connectivity index (χ1) is 9.37. The van der Waals surface area contributed by atoms with Crippen LogP contribution in [0.15, 0.2) is 29.4 Å². The summed E-state index contributed by atoms with van der Waals surface area (Å²) in [6, 6.07) is 7.36. The summed E-state index contributed by atoms with van der Waals surface area (Å²) in [5, 5.41) is 4.14. The fraction of sp³-hybridized carbons (Fsp3) is 0.438. The fourth-order valence-corrected chi connectivity index (χ4v) is 2.60. The van der Waals surface area contributed by atoms with Crippen molar-refractivity contribution < 1.29 is 9.59 Å². The molecule has 1 aromatic carbocycles. The lowest BCUT2D eigenvalue weighted by Crippen LogP contribution is -2.31. The molecule has 4 nitrogen and oxygen atoms in total. The van der Waals surface area contributed by atoms with Crippen LogP contribution in [0.5, 0.6) is 0 Å². The van der Waals surface area contributed by atoms with Crippen LogP contribution in [0.2, 0.25) is 0 Å². The van der Waals surface area contributed by atoms with E-state index >= 15 is 0 Å². The van der Waals surface area contributed by atoms with Gasteiger partial charge < -0.3 is 0 Å². The second kappa shape index (κ2) is 5.57. The lowest BCUT2D eigenvalue weighted by Gasteiger charge is -2.29. The average molecular weight is 272 g/mol. The average Bonchev–Trinajstić information content (AvgIpc) is 2.34. The zero-order valence-corrected chi connectivity index (χ0v) is 12.2. The molecule has 1 fully saturated rings. The minimum Gasteiger partial charge on any atom is -0.299 e. The molecule has 0 aromatic heterocycles. The van der Waals surface area contributed by atoms with Crippen molar-refractivity contribution in [2.24, 2.45) is 10.5 Å². The Morgan fingerprint density at radius 1 is 1.25 bits per heavy atom. The summed E-state index contributed by atoms with van der Waals surface area (Å²) in [4.78, 5) is 23.7. The van der Waals surface area contributed by atoms with Crippen LogP contribution < -0.4 is 5.43 Å². The molecule has 0 spiro atoms. The monoisotopic (exact) mass is 272 g/mol. The van der Waals surface area contributed by atoms with Gasteiger partial charge in [0.25, 0.3) is 5.91 Å². The molecule has 0 unspecified atom stereocenters. The van der Waals surface area contributed by atoms with E-state index in [2.05, 4.69) is 10.5 Å². The zero-order valence-electron chi connectivity index (χ0n) is 12.2. The first-order valence-electron chi connectivity index (χ1n) is 6.80. The second-order valence-corrected chi connectivity index (χ2v) is 6.17. The zero-order chi connectivity index (χ0) is 14.8. The van der Waals surface area contributed by atoms with Gasteiger partial charge in [-0.1, -0.05) is 32.0 Å². The van der Waals surface area contributed by atoms with E-state index in [1.807, 2.05) is 39.0 Å². The molecule has 20 heavy (non-hydrogen) atoms. The first-order valence-corrected chi connectivity index (χ1v) is 6.80. The van der Waals surface area contributed by atoms with Crippen molar-refractivity contribution in [1.82, 2.24) is 5.43 Å². The lowest BCUT2D eigenvalue weighted by atomic mass is 9.76. The Morgan fingerprint density at radius 3 is 2.60 bits per heavy atom. The molecule has 1 saturated carbocycles. The summed E-state index contributed by atoms with van der Waals surface area (Å²) >= 11 is 0. The summed E-state index contributed by atoms with van der Waals surface area (Å²) < 4.78 is 0. The molecule has 4 heteroatoms. The van der Waals surface area contributed by atoms with Gasteiger partial charge >= 0.3 is 0 Å². The Hall–Kier alpha value is -1.97. The van der Waals surface area contributed by atoms with Gasteiger partial charge in [0.05, 0.1) is 0 Å². The molecule has 1 N–H and O–H groups in total. The second-order valence-electron chi connectivity index (χ2n) is 6.17. The van der Waals surface area contributed by atoms with Gasteiger partial charge in [0.1, 0.15) is 5.78 Å². The summed E-state index contributed by atoms with van der Waals surface area (Å²) in [7, 11) is 0. The van der Waals surface area contributed by atoms with Gasteiger partial charge in [-0.15, -0.1) is 0 Å². The van der Waals surface area contributed by atoms with Gasteiger partial charge in [0.15, 0.2) is 0 Å². The molecule has 0 saturated heterocycles. The highest BCUT2D eigenvalue weighted by Gasteiger charge is 2.30. The normalized spacial score (nSPS) is 19.9. The van der Waals surface area contributed by atoms with Crippen molar-refractivity contribution in [3.8, 4) is 0 Å². The maximum Gasteiger partial charge on any atom is 0.271 e. The minimum absolute atomic E-state index is 0.0679. The fourth-order valence-electron chi connectivity index (χ4n) is 2.60. The highest BCUT2D eigenvalue weighted by Crippen LogP contribution is 2.31. The van der Waals surface area contributed by atoms with Crippen LogP contribution in [0, 0.1) is 12.3 Å². The number of rotatable bonds is 2. The highest BCUT2D eigenvalue weighted by atomic mass is 16.2. The number of Topliss-reactive ketones (excluding diaryl/α,β-unsaturated/α-hetero) is 1. The third-order valence-electron chi connectivity index (χ3n) is 3.46. The van der Waals surface area contributed by atoms with Crippen molar-refractivity contribution in [2.75, 3.05) is 0 Å². The van der Waals surface area contributed by atoms with Crippen LogP contribution >= 0.6 is 0 Å². The third kappa shape index (κ3) is 3.53. The number of carbonyl (C=O) groups is 2. The standard InChI is InChI=1S/C16H20N2O2/c1-11-6-4-5-7-14(11)15(20)18-17-12-8-13(19)10-16(2,3)9-12/h4-7H,8-10H2,1-3H3,(H,18,20). The topological polar surface area (TPSA) is 58.5 Å². The number of amides is 1. The summed E-state index contributed by atoms with van der Waals surface area (Å²) in [5.74, 6) is -0.0448. The van der Waals surface area contributed by atoms with Gasteiger partial charge in [-0.3, -0.25) is 9.59 Å². The lowest BCUT2D eigenvalue weighted by molar-refractivity contribution is -0.120. The number of aryl methyl sites for hydroxylation is 1. The number of hydrogen-bond acceptors (Lipinski definition) is 3. The first kappa shape index (κ1) is 14.4. The number of nitrogens with one attached hydrogen (secondary N) is 1. The number of ketones is 1. The Bertz CT molecular complexity index is 574. The van der Waals surface area contributed by atoms with E-state index in [4.69, 9.17) is 0 Å². The largest absolute Gasteiger partial charge is 0.299 e. The molecule has 1 aliphatic carbocycles. The van der Waals surface area contributed by atoms with Gasteiger partial charge in [-0.25, -0.2) is 5.43 Å². The number of hydrazone groups is 1. The van der Waals surface area contributed by atoms with Crippen molar-refractivity contribution in [3.05, 3.63) is 35.4 Å². The molecule has 0 atom stereocenters. The molecule has 0 heterocycles. The molecule has 1 aromatic rings. The molecule has 0 radical (unpaired) electrons. The van der Waals surface area contributed by atoms with Gasteiger partial charge in [-0.05, 0) is 30.4 Å². The van der Waals surface area contributed by atoms with E-state index in [-0.39, 0.29) is 17.1 Å². The molecule has 0 aliphatic heterocycles. The maximum absolute atomic E-state index is 12.0. The van der Waals surface area contributed by atoms with Crippen LogP contribution in [-0.2, 0) is 4.79 Å². The van der Waals surface area contributed by atoms with Gasteiger partial charge in [-0.2, -0.15) is 5.10 Å². The van der Waals surface area contributed by atoms with E-state index in [9.17, 15) is 9.59 Å². The summed E-state index contributed by atoms with van der Waals surface area (Å²) in [6.07, 6.45) is 1.67. The molecule has 106 valence electrons. The van der Waals surface area contributed by atoms with Crippen molar-refractivity contribution >= 4 is 17.4 Å². The van der Waals surface area contributed by atoms with E-state index in [1.54, 1.807) is 6.07 Å². The molecule has 1 aliphatic rings. The van der Waals surface area contributed by atoms with Crippen LogP contribution in [0.3, 0.4) is 0 Å². The number of carbonyl (C=O) groups excluding carboxylic acids is 2.